The number of benzene rings is 1. The Labute approximate surface area is 97.6 Å². The van der Waals surface area contributed by atoms with Gasteiger partial charge in [0.25, 0.3) is 0 Å². The van der Waals surface area contributed by atoms with Crippen molar-refractivity contribution in [3.05, 3.63) is 23.8 Å². The van der Waals surface area contributed by atoms with E-state index in [0.29, 0.717) is 32.0 Å². The fourth-order valence-corrected chi connectivity index (χ4v) is 1.82. The van der Waals surface area contributed by atoms with Crippen molar-refractivity contribution < 1.29 is 23.6 Å². The molecule has 0 radical (unpaired) electrons. The number of hydrogen-bond acceptors (Lipinski definition) is 4. The molecule has 17 heavy (non-hydrogen) atoms. The molecule has 0 aliphatic carbocycles. The standard InChI is InChI=1S/C10H12BF2NO3/c12-8-5-7(14-1-3-17-4-2-14)6-9(13)10(8)11(15)16/h5-6,15-16H,1-4H2. The summed E-state index contributed by atoms with van der Waals surface area (Å²) in [6.45, 7) is 2.13. The molecule has 1 aromatic carbocycles. The van der Waals surface area contributed by atoms with Crippen molar-refractivity contribution in [3.8, 4) is 0 Å². The van der Waals surface area contributed by atoms with Gasteiger partial charge in [-0.2, -0.15) is 0 Å². The molecule has 1 aliphatic heterocycles. The van der Waals surface area contributed by atoms with Crippen LogP contribution in [0.3, 0.4) is 0 Å². The van der Waals surface area contributed by atoms with Crippen molar-refractivity contribution in [3.63, 3.8) is 0 Å². The van der Waals surface area contributed by atoms with E-state index < -0.39 is 24.2 Å². The number of hydrogen-bond donors (Lipinski definition) is 2. The molecule has 1 aliphatic rings. The number of ether oxygens (including phenoxy) is 1. The molecular formula is C10H12BF2NO3. The predicted octanol–water partition coefficient (Wildman–Crippen LogP) is -0.519. The van der Waals surface area contributed by atoms with E-state index >= 15 is 0 Å². The third-order valence-corrected chi connectivity index (χ3v) is 2.70. The zero-order valence-electron chi connectivity index (χ0n) is 9.07. The molecule has 1 aromatic rings. The fraction of sp³-hybridized carbons (Fsp3) is 0.400. The lowest BCUT2D eigenvalue weighted by Crippen LogP contribution is -2.39. The van der Waals surface area contributed by atoms with Gasteiger partial charge in [-0.05, 0) is 12.1 Å². The van der Waals surface area contributed by atoms with E-state index in [0.717, 1.165) is 12.1 Å². The minimum Gasteiger partial charge on any atom is -0.423 e. The van der Waals surface area contributed by atoms with E-state index in [9.17, 15) is 8.78 Å². The predicted molar refractivity (Wildman–Crippen MR) is 59.2 cm³/mol. The van der Waals surface area contributed by atoms with Crippen molar-refractivity contribution in [2.75, 3.05) is 31.2 Å². The highest BCUT2D eigenvalue weighted by Crippen LogP contribution is 2.18. The molecule has 2 N–H and O–H groups in total. The van der Waals surface area contributed by atoms with Gasteiger partial charge in [-0.15, -0.1) is 0 Å². The maximum atomic E-state index is 13.5. The van der Waals surface area contributed by atoms with Crippen LogP contribution in [0, 0.1) is 11.6 Å². The third kappa shape index (κ3) is 2.57. The first-order chi connectivity index (χ1) is 8.09. The SMILES string of the molecule is OB(O)c1c(F)cc(N2CCOCC2)cc1F. The lowest BCUT2D eigenvalue weighted by atomic mass is 9.79. The summed E-state index contributed by atoms with van der Waals surface area (Å²) in [4.78, 5) is 1.78. The molecule has 1 saturated heterocycles. The molecule has 0 saturated carbocycles. The highest BCUT2D eigenvalue weighted by molar-refractivity contribution is 6.58. The molecule has 1 heterocycles. The van der Waals surface area contributed by atoms with E-state index in [1.54, 1.807) is 4.90 Å². The summed E-state index contributed by atoms with van der Waals surface area (Å²) in [7, 11) is -2.14. The molecule has 1 fully saturated rings. The van der Waals surface area contributed by atoms with Crippen LogP contribution in [0.15, 0.2) is 12.1 Å². The second kappa shape index (κ2) is 4.99. The van der Waals surface area contributed by atoms with Crippen LogP contribution in [0.1, 0.15) is 0 Å². The first kappa shape index (κ1) is 12.3. The Kier molecular flexibility index (Phi) is 3.61. The Balaban J connectivity index is 2.31. The van der Waals surface area contributed by atoms with Crippen molar-refractivity contribution >= 4 is 18.3 Å². The average Bonchev–Trinajstić information content (AvgIpc) is 2.28. The van der Waals surface area contributed by atoms with Crippen LogP contribution in [-0.2, 0) is 4.74 Å². The van der Waals surface area contributed by atoms with Gasteiger partial charge in [-0.3, -0.25) is 0 Å². The van der Waals surface area contributed by atoms with Crippen molar-refractivity contribution in [2.45, 2.75) is 0 Å². The Morgan fingerprint density at radius 3 is 2.12 bits per heavy atom. The zero-order chi connectivity index (χ0) is 12.4. The van der Waals surface area contributed by atoms with Crippen LogP contribution in [0.4, 0.5) is 14.5 Å². The van der Waals surface area contributed by atoms with Crippen LogP contribution in [0.25, 0.3) is 0 Å². The molecular weight excluding hydrogens is 231 g/mol. The van der Waals surface area contributed by atoms with Gasteiger partial charge in [0, 0.05) is 18.8 Å². The molecule has 0 bridgehead atoms. The molecule has 0 atom stereocenters. The summed E-state index contributed by atoms with van der Waals surface area (Å²) >= 11 is 0. The topological polar surface area (TPSA) is 52.9 Å². The quantitative estimate of drug-likeness (QED) is 0.686. The summed E-state index contributed by atoms with van der Waals surface area (Å²) in [5.74, 6) is -1.91. The number of nitrogens with zero attached hydrogens (tertiary/aromatic N) is 1. The van der Waals surface area contributed by atoms with Crippen LogP contribution < -0.4 is 10.4 Å². The Hall–Kier alpha value is -1.18. The van der Waals surface area contributed by atoms with Gasteiger partial charge >= 0.3 is 7.12 Å². The van der Waals surface area contributed by atoms with E-state index in [1.807, 2.05) is 0 Å². The van der Waals surface area contributed by atoms with Gasteiger partial charge in [0.2, 0.25) is 0 Å². The summed E-state index contributed by atoms with van der Waals surface area (Å²) in [6, 6.07) is 2.20. The summed E-state index contributed by atoms with van der Waals surface area (Å²) in [5, 5.41) is 17.7. The van der Waals surface area contributed by atoms with E-state index in [4.69, 9.17) is 14.8 Å². The van der Waals surface area contributed by atoms with Crippen LogP contribution in [0.2, 0.25) is 0 Å². The lowest BCUT2D eigenvalue weighted by Gasteiger charge is -2.29. The number of halogens is 2. The van der Waals surface area contributed by atoms with Crippen LogP contribution in [-0.4, -0.2) is 43.5 Å². The van der Waals surface area contributed by atoms with E-state index in [2.05, 4.69) is 0 Å². The fourth-order valence-electron chi connectivity index (χ4n) is 1.82. The van der Waals surface area contributed by atoms with Crippen LogP contribution in [0.5, 0.6) is 0 Å². The molecule has 0 spiro atoms. The lowest BCUT2D eigenvalue weighted by molar-refractivity contribution is 0.122. The normalized spacial score (nSPS) is 16.1. The monoisotopic (exact) mass is 243 g/mol. The minimum absolute atomic E-state index is 0.382. The smallest absolute Gasteiger partial charge is 0.423 e. The zero-order valence-corrected chi connectivity index (χ0v) is 9.07. The third-order valence-electron chi connectivity index (χ3n) is 2.70. The van der Waals surface area contributed by atoms with Gasteiger partial charge in [0.05, 0.1) is 18.7 Å². The minimum atomic E-state index is -2.14. The summed E-state index contributed by atoms with van der Waals surface area (Å²) in [6.07, 6.45) is 0. The number of morpholine rings is 1. The Morgan fingerprint density at radius 1 is 1.12 bits per heavy atom. The van der Waals surface area contributed by atoms with Crippen molar-refractivity contribution in [2.24, 2.45) is 0 Å². The van der Waals surface area contributed by atoms with Gasteiger partial charge in [0.1, 0.15) is 11.6 Å². The highest BCUT2D eigenvalue weighted by atomic mass is 19.1. The maximum absolute atomic E-state index is 13.5. The number of rotatable bonds is 2. The molecule has 92 valence electrons. The average molecular weight is 243 g/mol. The van der Waals surface area contributed by atoms with Crippen molar-refractivity contribution in [1.82, 2.24) is 0 Å². The largest absolute Gasteiger partial charge is 0.494 e. The molecule has 0 unspecified atom stereocenters. The van der Waals surface area contributed by atoms with Crippen molar-refractivity contribution in [1.29, 1.82) is 0 Å². The molecule has 2 rings (SSSR count). The Morgan fingerprint density at radius 2 is 1.65 bits per heavy atom. The summed E-state index contributed by atoms with van der Waals surface area (Å²) < 4.78 is 32.1. The van der Waals surface area contributed by atoms with Gasteiger partial charge < -0.3 is 19.7 Å². The molecule has 7 heteroatoms. The van der Waals surface area contributed by atoms with E-state index in [1.165, 1.54) is 0 Å². The maximum Gasteiger partial charge on any atom is 0.494 e. The van der Waals surface area contributed by atoms with Gasteiger partial charge in [-0.1, -0.05) is 0 Å². The second-order valence-corrected chi connectivity index (χ2v) is 3.80. The molecule has 0 amide bonds. The molecule has 4 nitrogen and oxygen atoms in total. The Bertz CT molecular complexity index is 388. The number of anilines is 1. The van der Waals surface area contributed by atoms with E-state index in [-0.39, 0.29) is 0 Å². The van der Waals surface area contributed by atoms with Crippen LogP contribution >= 0.6 is 0 Å². The highest BCUT2D eigenvalue weighted by Gasteiger charge is 2.24. The summed E-state index contributed by atoms with van der Waals surface area (Å²) in [5.41, 5.74) is -0.338. The molecule has 0 aromatic heterocycles. The second-order valence-electron chi connectivity index (χ2n) is 3.80. The van der Waals surface area contributed by atoms with Gasteiger partial charge in [-0.25, -0.2) is 8.78 Å². The first-order valence-electron chi connectivity index (χ1n) is 5.27. The first-order valence-corrected chi connectivity index (χ1v) is 5.27. The van der Waals surface area contributed by atoms with Gasteiger partial charge in [0.15, 0.2) is 0 Å².